The highest BCUT2D eigenvalue weighted by Gasteiger charge is 2.20. The van der Waals surface area contributed by atoms with Crippen molar-refractivity contribution in [2.75, 3.05) is 0 Å². The number of alkyl halides is 1. The van der Waals surface area contributed by atoms with E-state index in [4.69, 9.17) is 11.6 Å². The lowest BCUT2D eigenvalue weighted by molar-refractivity contribution is 0.459. The van der Waals surface area contributed by atoms with E-state index in [9.17, 15) is 4.91 Å². The summed E-state index contributed by atoms with van der Waals surface area (Å²) in [4.78, 5) is 10.3. The van der Waals surface area contributed by atoms with Gasteiger partial charge in [0, 0.05) is 0 Å². The second kappa shape index (κ2) is 4.70. The van der Waals surface area contributed by atoms with Crippen LogP contribution in [0.3, 0.4) is 0 Å². The molecule has 0 aliphatic heterocycles. The summed E-state index contributed by atoms with van der Waals surface area (Å²) in [5.41, 5.74) is 0. The van der Waals surface area contributed by atoms with Crippen molar-refractivity contribution in [3.63, 3.8) is 0 Å². The zero-order valence-corrected chi connectivity index (χ0v) is 7.39. The van der Waals surface area contributed by atoms with Gasteiger partial charge in [-0.3, -0.25) is 0 Å². The summed E-state index contributed by atoms with van der Waals surface area (Å²) in [5.74, 6) is 0. The molecule has 0 bridgehead atoms. The topological polar surface area (TPSA) is 29.4 Å². The summed E-state index contributed by atoms with van der Waals surface area (Å²) in [7, 11) is 0. The first kappa shape index (κ1) is 8.98. The highest BCUT2D eigenvalue weighted by atomic mass is 35.5. The molecule has 2 atom stereocenters. The number of hydrogen-bond acceptors (Lipinski definition) is 2. The lowest BCUT2D eigenvalue weighted by Gasteiger charge is -2.18. The molecule has 1 rings (SSSR count). The Kier molecular flexibility index (Phi) is 3.84. The van der Waals surface area contributed by atoms with E-state index in [1.807, 2.05) is 0 Å². The summed E-state index contributed by atoms with van der Waals surface area (Å²) >= 11 is 5.97. The molecule has 0 aromatic carbocycles. The lowest BCUT2D eigenvalue weighted by atomic mass is 9.97. The van der Waals surface area contributed by atoms with Crippen LogP contribution in [0.5, 0.6) is 0 Å². The normalized spacial score (nSPS) is 33.9. The molecule has 64 valence electrons. The van der Waals surface area contributed by atoms with Crippen LogP contribution in [-0.2, 0) is 0 Å². The third-order valence-corrected chi connectivity index (χ3v) is 2.79. The molecular formula is C8H14ClNO. The molecule has 11 heavy (non-hydrogen) atoms. The number of nitrogens with zero attached hydrogens (tertiary/aromatic N) is 1. The Bertz CT molecular complexity index is 129. The van der Waals surface area contributed by atoms with Crippen LogP contribution in [0.4, 0.5) is 0 Å². The minimum atomic E-state index is -0.128. The molecule has 1 aliphatic rings. The maximum Gasteiger partial charge on any atom is 0.108 e. The van der Waals surface area contributed by atoms with Crippen molar-refractivity contribution in [1.29, 1.82) is 0 Å². The fourth-order valence-electron chi connectivity index (χ4n) is 1.54. The van der Waals surface area contributed by atoms with Crippen molar-refractivity contribution in [2.45, 2.75) is 49.9 Å². The summed E-state index contributed by atoms with van der Waals surface area (Å²) in [6.07, 6.45) is 6.60. The fourth-order valence-corrected chi connectivity index (χ4v) is 1.86. The number of rotatable bonds is 1. The van der Waals surface area contributed by atoms with Crippen LogP contribution in [0.15, 0.2) is 5.18 Å². The first-order chi connectivity index (χ1) is 5.34. The van der Waals surface area contributed by atoms with Gasteiger partial charge in [0.05, 0.1) is 5.38 Å². The van der Waals surface area contributed by atoms with Gasteiger partial charge in [-0.25, -0.2) is 0 Å². The van der Waals surface area contributed by atoms with E-state index in [2.05, 4.69) is 5.18 Å². The van der Waals surface area contributed by atoms with Gasteiger partial charge < -0.3 is 0 Å². The molecule has 3 heteroatoms. The van der Waals surface area contributed by atoms with Crippen molar-refractivity contribution in [3.05, 3.63) is 4.91 Å². The smallest absolute Gasteiger partial charge is 0.108 e. The Morgan fingerprint density at radius 2 is 1.73 bits per heavy atom. The number of hydrogen-bond donors (Lipinski definition) is 0. The maximum absolute atomic E-state index is 10.3. The zero-order valence-electron chi connectivity index (χ0n) is 6.63. The largest absolute Gasteiger partial charge is 0.150 e. The van der Waals surface area contributed by atoms with Gasteiger partial charge >= 0.3 is 0 Å². The van der Waals surface area contributed by atoms with Crippen LogP contribution >= 0.6 is 11.6 Å². The summed E-state index contributed by atoms with van der Waals surface area (Å²) in [6.45, 7) is 0. The van der Waals surface area contributed by atoms with Gasteiger partial charge in [0.2, 0.25) is 0 Å². The third kappa shape index (κ3) is 2.78. The van der Waals surface area contributed by atoms with Crippen molar-refractivity contribution in [2.24, 2.45) is 5.18 Å². The fraction of sp³-hybridized carbons (Fsp3) is 1.00. The van der Waals surface area contributed by atoms with E-state index < -0.39 is 0 Å². The Labute approximate surface area is 72.3 Å². The van der Waals surface area contributed by atoms with E-state index in [-0.39, 0.29) is 11.4 Å². The molecule has 0 amide bonds. The monoisotopic (exact) mass is 175 g/mol. The van der Waals surface area contributed by atoms with Gasteiger partial charge in [-0.2, -0.15) is 4.91 Å². The van der Waals surface area contributed by atoms with E-state index in [1.165, 1.54) is 12.8 Å². The molecule has 2 unspecified atom stereocenters. The van der Waals surface area contributed by atoms with Gasteiger partial charge in [-0.1, -0.05) is 30.9 Å². The van der Waals surface area contributed by atoms with E-state index in [0.29, 0.717) is 0 Å². The van der Waals surface area contributed by atoms with Gasteiger partial charge in [0.1, 0.15) is 6.04 Å². The van der Waals surface area contributed by atoms with Crippen LogP contribution in [-0.4, -0.2) is 11.4 Å². The molecule has 0 heterocycles. The standard InChI is InChI=1S/C8H14ClNO/c9-7-5-3-1-2-4-6-8(7)10-11/h7-8H,1-6H2. The highest BCUT2D eigenvalue weighted by Crippen LogP contribution is 2.23. The van der Waals surface area contributed by atoms with Gasteiger partial charge in [0.15, 0.2) is 0 Å². The van der Waals surface area contributed by atoms with Crippen molar-refractivity contribution >= 4 is 11.6 Å². The Morgan fingerprint density at radius 1 is 1.09 bits per heavy atom. The molecule has 2 nitrogen and oxygen atoms in total. The summed E-state index contributed by atoms with van der Waals surface area (Å²) in [6, 6.07) is -0.128. The molecular weight excluding hydrogens is 162 g/mol. The molecule has 0 aromatic rings. The van der Waals surface area contributed by atoms with Gasteiger partial charge in [-0.15, -0.1) is 11.6 Å². The lowest BCUT2D eigenvalue weighted by Crippen LogP contribution is -2.19. The van der Waals surface area contributed by atoms with E-state index >= 15 is 0 Å². The Hall–Kier alpha value is -0.110. The zero-order chi connectivity index (χ0) is 8.10. The highest BCUT2D eigenvalue weighted by molar-refractivity contribution is 6.21. The van der Waals surface area contributed by atoms with E-state index in [1.54, 1.807) is 0 Å². The Morgan fingerprint density at radius 3 is 2.36 bits per heavy atom. The molecule has 1 aliphatic carbocycles. The molecule has 0 N–H and O–H groups in total. The molecule has 1 saturated carbocycles. The molecule has 1 fully saturated rings. The molecule has 0 aromatic heterocycles. The van der Waals surface area contributed by atoms with Crippen LogP contribution < -0.4 is 0 Å². The molecule has 0 spiro atoms. The predicted molar refractivity (Wildman–Crippen MR) is 46.9 cm³/mol. The van der Waals surface area contributed by atoms with Crippen molar-refractivity contribution < 1.29 is 0 Å². The first-order valence-corrected chi connectivity index (χ1v) is 4.75. The first-order valence-electron chi connectivity index (χ1n) is 4.31. The second-order valence-corrected chi connectivity index (χ2v) is 3.74. The van der Waals surface area contributed by atoms with Crippen molar-refractivity contribution in [3.8, 4) is 0 Å². The van der Waals surface area contributed by atoms with Crippen LogP contribution in [0.2, 0.25) is 0 Å². The quantitative estimate of drug-likeness (QED) is 0.445. The average Bonchev–Trinajstić information content (AvgIpc) is 1.98. The van der Waals surface area contributed by atoms with Gasteiger partial charge in [0.25, 0.3) is 0 Å². The summed E-state index contributed by atoms with van der Waals surface area (Å²) < 4.78 is 0. The summed E-state index contributed by atoms with van der Waals surface area (Å²) in [5, 5.41) is 3.04. The van der Waals surface area contributed by atoms with Crippen molar-refractivity contribution in [1.82, 2.24) is 0 Å². The average molecular weight is 176 g/mol. The van der Waals surface area contributed by atoms with Gasteiger partial charge in [-0.05, 0) is 12.8 Å². The molecule has 0 radical (unpaired) electrons. The number of nitroso groups, excluding NO2 is 1. The number of halogens is 1. The SMILES string of the molecule is O=NC1CCCCCCC1Cl. The van der Waals surface area contributed by atoms with Crippen LogP contribution in [0.25, 0.3) is 0 Å². The van der Waals surface area contributed by atoms with Crippen LogP contribution in [0.1, 0.15) is 38.5 Å². The van der Waals surface area contributed by atoms with Crippen LogP contribution in [0, 0.1) is 4.91 Å². The third-order valence-electron chi connectivity index (χ3n) is 2.28. The minimum Gasteiger partial charge on any atom is -0.150 e. The molecule has 0 saturated heterocycles. The predicted octanol–water partition coefficient (Wildman–Crippen LogP) is 3.08. The maximum atomic E-state index is 10.3. The minimum absolute atomic E-state index is 0.00667. The Balaban J connectivity index is 2.39. The second-order valence-electron chi connectivity index (χ2n) is 3.18. The van der Waals surface area contributed by atoms with E-state index in [0.717, 1.165) is 25.7 Å².